The first-order chi connectivity index (χ1) is 7.31. The molecule has 0 aromatic carbocycles. The summed E-state index contributed by atoms with van der Waals surface area (Å²) in [6, 6.07) is 7.21. The van der Waals surface area contributed by atoms with Crippen molar-refractivity contribution in [2.75, 3.05) is 5.75 Å². The van der Waals surface area contributed by atoms with E-state index in [2.05, 4.69) is 22.7 Å². The third kappa shape index (κ3) is 2.16. The predicted molar refractivity (Wildman–Crippen MR) is 59.8 cm³/mol. The molecule has 4 heteroatoms. The topological polar surface area (TPSA) is 48.8 Å². The van der Waals surface area contributed by atoms with Crippen molar-refractivity contribution in [1.29, 1.82) is 0 Å². The molecule has 2 rings (SSSR count). The van der Waals surface area contributed by atoms with Crippen molar-refractivity contribution >= 4 is 22.2 Å². The van der Waals surface area contributed by atoms with Gasteiger partial charge >= 0.3 is 0 Å². The molecular formula is C11H9N2OS. The smallest absolute Gasteiger partial charge is 0.246 e. The molecule has 0 spiro atoms. The number of aromatic nitrogens is 2. The number of hydrogen-bond donors (Lipinski definition) is 0. The molecule has 0 saturated carbocycles. The molecule has 2 aromatic heterocycles. The van der Waals surface area contributed by atoms with Crippen LogP contribution in [0.5, 0.6) is 0 Å². The Bertz CT molecular complexity index is 487. The van der Waals surface area contributed by atoms with Gasteiger partial charge in [0, 0.05) is 22.6 Å². The summed E-state index contributed by atoms with van der Waals surface area (Å²) in [5.41, 5.74) is 0.576. The summed E-state index contributed by atoms with van der Waals surface area (Å²) >= 11 is -1.12. The standard InChI is InChI=1S/C11H9N2OS/c1-2-8-15(14)10-6-5-9-4-3-7-12-11(9)13-10/h2-6H,1,8H2. The van der Waals surface area contributed by atoms with Crippen molar-refractivity contribution < 1.29 is 4.55 Å². The summed E-state index contributed by atoms with van der Waals surface area (Å²) in [6.45, 7) is 3.55. The van der Waals surface area contributed by atoms with Crippen LogP contribution < -0.4 is 0 Å². The molecule has 0 aliphatic carbocycles. The molecule has 1 atom stereocenters. The third-order valence-electron chi connectivity index (χ3n) is 1.89. The van der Waals surface area contributed by atoms with Crippen molar-refractivity contribution in [3.63, 3.8) is 0 Å². The Labute approximate surface area is 91.1 Å². The zero-order valence-corrected chi connectivity index (χ0v) is 8.83. The minimum Gasteiger partial charge on any atom is -0.610 e. The predicted octanol–water partition coefficient (Wildman–Crippen LogP) is 1.72. The molecule has 2 aromatic rings. The van der Waals surface area contributed by atoms with Gasteiger partial charge in [0.2, 0.25) is 5.03 Å². The summed E-state index contributed by atoms with van der Waals surface area (Å²) in [5.74, 6) is 0.412. The number of rotatable bonds is 3. The van der Waals surface area contributed by atoms with Crippen LogP contribution in [0.15, 0.2) is 41.9 Å². The van der Waals surface area contributed by atoms with Crippen molar-refractivity contribution in [2.45, 2.75) is 5.03 Å². The van der Waals surface area contributed by atoms with Gasteiger partial charge in [0.15, 0.2) is 5.65 Å². The average Bonchev–Trinajstić information content (AvgIpc) is 2.29. The summed E-state index contributed by atoms with van der Waals surface area (Å²) in [4.78, 5) is 8.19. The molecule has 0 amide bonds. The zero-order chi connectivity index (χ0) is 10.7. The Morgan fingerprint density at radius 3 is 3.13 bits per heavy atom. The van der Waals surface area contributed by atoms with Gasteiger partial charge < -0.3 is 4.55 Å². The highest BCUT2D eigenvalue weighted by atomic mass is 32.2. The monoisotopic (exact) mass is 217 g/mol. The number of pyridine rings is 2. The second-order valence-electron chi connectivity index (χ2n) is 2.94. The van der Waals surface area contributed by atoms with Gasteiger partial charge in [0.1, 0.15) is 5.75 Å². The van der Waals surface area contributed by atoms with E-state index in [9.17, 15) is 4.55 Å². The van der Waals surface area contributed by atoms with Crippen LogP contribution >= 0.6 is 0 Å². The molecule has 15 heavy (non-hydrogen) atoms. The summed E-state index contributed by atoms with van der Waals surface area (Å²) in [5, 5.41) is 1.46. The van der Waals surface area contributed by atoms with Gasteiger partial charge in [-0.25, -0.2) is 4.98 Å². The number of nitrogens with zero attached hydrogens (tertiary/aromatic N) is 2. The molecule has 0 saturated heterocycles. The van der Waals surface area contributed by atoms with Crippen LogP contribution in [0, 0.1) is 6.20 Å². The molecule has 0 bridgehead atoms. The van der Waals surface area contributed by atoms with Gasteiger partial charge in [-0.3, -0.25) is 0 Å². The first-order valence-electron chi connectivity index (χ1n) is 4.44. The van der Waals surface area contributed by atoms with E-state index in [1.807, 2.05) is 12.1 Å². The van der Waals surface area contributed by atoms with E-state index in [-0.39, 0.29) is 0 Å². The molecule has 1 radical (unpaired) electrons. The van der Waals surface area contributed by atoms with E-state index in [0.29, 0.717) is 16.4 Å². The summed E-state index contributed by atoms with van der Waals surface area (Å²) < 4.78 is 11.6. The fraction of sp³-hybridized carbons (Fsp3) is 0.0909. The van der Waals surface area contributed by atoms with E-state index in [4.69, 9.17) is 0 Å². The van der Waals surface area contributed by atoms with Crippen molar-refractivity contribution in [3.8, 4) is 0 Å². The Morgan fingerprint density at radius 1 is 1.47 bits per heavy atom. The normalized spacial score (nSPS) is 12.6. The van der Waals surface area contributed by atoms with E-state index >= 15 is 0 Å². The van der Waals surface area contributed by atoms with Gasteiger partial charge in [-0.1, -0.05) is 6.58 Å². The van der Waals surface area contributed by atoms with Crippen LogP contribution in [0.4, 0.5) is 0 Å². The van der Waals surface area contributed by atoms with Crippen LogP contribution in [-0.4, -0.2) is 20.3 Å². The summed E-state index contributed by atoms with van der Waals surface area (Å²) in [6.07, 6.45) is 4.32. The second-order valence-corrected chi connectivity index (χ2v) is 4.38. The fourth-order valence-corrected chi connectivity index (χ4v) is 2.00. The zero-order valence-electron chi connectivity index (χ0n) is 8.01. The molecule has 0 aliphatic rings. The third-order valence-corrected chi connectivity index (χ3v) is 3.12. The Balaban J connectivity index is 2.42. The number of hydrogen-bond acceptors (Lipinski definition) is 3. The molecule has 2 heterocycles. The largest absolute Gasteiger partial charge is 0.610 e. The lowest BCUT2D eigenvalue weighted by Crippen LogP contribution is -2.07. The Kier molecular flexibility index (Phi) is 2.99. The van der Waals surface area contributed by atoms with Gasteiger partial charge in [0.25, 0.3) is 0 Å². The van der Waals surface area contributed by atoms with E-state index in [1.165, 1.54) is 0 Å². The van der Waals surface area contributed by atoms with Crippen molar-refractivity contribution in [2.24, 2.45) is 0 Å². The van der Waals surface area contributed by atoms with Gasteiger partial charge in [-0.15, -0.1) is 0 Å². The quantitative estimate of drug-likeness (QED) is 0.581. The maximum atomic E-state index is 11.6. The Morgan fingerprint density at radius 2 is 2.33 bits per heavy atom. The van der Waals surface area contributed by atoms with Crippen molar-refractivity contribution in [1.82, 2.24) is 9.97 Å². The lowest BCUT2D eigenvalue weighted by atomic mass is 10.3. The van der Waals surface area contributed by atoms with Gasteiger partial charge in [0.05, 0.1) is 6.20 Å². The molecule has 0 aliphatic heterocycles. The molecular weight excluding hydrogens is 208 g/mol. The molecule has 3 nitrogen and oxygen atoms in total. The maximum absolute atomic E-state index is 11.6. The molecule has 75 valence electrons. The van der Waals surface area contributed by atoms with E-state index in [0.717, 1.165) is 5.39 Å². The van der Waals surface area contributed by atoms with Crippen LogP contribution in [0.1, 0.15) is 0 Å². The highest BCUT2D eigenvalue weighted by Crippen LogP contribution is 2.13. The van der Waals surface area contributed by atoms with Crippen LogP contribution in [0.3, 0.4) is 0 Å². The first-order valence-corrected chi connectivity index (χ1v) is 5.76. The highest BCUT2D eigenvalue weighted by molar-refractivity contribution is 7.91. The van der Waals surface area contributed by atoms with Gasteiger partial charge in [-0.05, 0) is 24.3 Å². The minimum atomic E-state index is -1.12. The molecule has 0 N–H and O–H groups in total. The molecule has 0 fully saturated rings. The molecule has 1 unspecified atom stereocenters. The van der Waals surface area contributed by atoms with Crippen LogP contribution in [0.2, 0.25) is 0 Å². The summed E-state index contributed by atoms with van der Waals surface area (Å²) in [7, 11) is 0. The lowest BCUT2D eigenvalue weighted by molar-refractivity contribution is 0.594. The van der Waals surface area contributed by atoms with Crippen LogP contribution in [-0.2, 0) is 11.2 Å². The van der Waals surface area contributed by atoms with Gasteiger partial charge in [-0.2, -0.15) is 4.98 Å². The number of fused-ring (bicyclic) bond motifs is 1. The lowest BCUT2D eigenvalue weighted by Gasteiger charge is -2.06. The minimum absolute atomic E-state index is 0.412. The van der Waals surface area contributed by atoms with Crippen LogP contribution in [0.25, 0.3) is 11.0 Å². The Hall–Kier alpha value is -1.39. The van der Waals surface area contributed by atoms with E-state index in [1.54, 1.807) is 18.2 Å². The van der Waals surface area contributed by atoms with Crippen molar-refractivity contribution in [3.05, 3.63) is 43.1 Å². The highest BCUT2D eigenvalue weighted by Gasteiger charge is 2.11. The SMILES string of the molecule is C=CC[S+]([O-])c1ccc2cc[c]nc2n1. The van der Waals surface area contributed by atoms with E-state index < -0.39 is 11.2 Å². The first kappa shape index (κ1) is 10.1. The maximum Gasteiger partial charge on any atom is 0.246 e. The fourth-order valence-electron chi connectivity index (χ4n) is 1.21. The average molecular weight is 217 g/mol. The second kappa shape index (κ2) is 4.42.